The van der Waals surface area contributed by atoms with Crippen molar-refractivity contribution in [2.75, 3.05) is 0 Å². The highest BCUT2D eigenvalue weighted by molar-refractivity contribution is 5.94. The quantitative estimate of drug-likeness (QED) is 0.703. The largest absolute Gasteiger partial charge is 0.358 e. The van der Waals surface area contributed by atoms with Crippen LogP contribution in [0.2, 0.25) is 0 Å². The van der Waals surface area contributed by atoms with Crippen molar-refractivity contribution in [1.29, 1.82) is 0 Å². The van der Waals surface area contributed by atoms with Crippen molar-refractivity contribution in [3.8, 4) is 0 Å². The van der Waals surface area contributed by atoms with E-state index >= 15 is 0 Å². The van der Waals surface area contributed by atoms with Crippen LogP contribution in [-0.4, -0.2) is 10.8 Å². The van der Waals surface area contributed by atoms with Gasteiger partial charge in [0.05, 0.1) is 0 Å². The van der Waals surface area contributed by atoms with E-state index < -0.39 is 0 Å². The van der Waals surface area contributed by atoms with Crippen LogP contribution in [0.5, 0.6) is 0 Å². The lowest BCUT2D eigenvalue weighted by Gasteiger charge is -2.03. The Balaban J connectivity index is 1.96. The summed E-state index contributed by atoms with van der Waals surface area (Å²) < 4.78 is 0. The molecule has 2 nitrogen and oxygen atoms in total. The summed E-state index contributed by atoms with van der Waals surface area (Å²) in [6.45, 7) is 3.71. The molecule has 100 valence electrons. The van der Waals surface area contributed by atoms with Crippen LogP contribution in [0.25, 0.3) is 10.9 Å². The Kier molecular flexibility index (Phi) is 3.15. The minimum absolute atomic E-state index is 0.111. The third kappa shape index (κ3) is 2.25. The molecule has 3 aromatic rings. The number of hydrogen-bond acceptors (Lipinski definition) is 1. The molecule has 0 atom stereocenters. The number of aromatic amines is 1. The molecule has 0 bridgehead atoms. The summed E-state index contributed by atoms with van der Waals surface area (Å²) in [7, 11) is 0. The summed E-state index contributed by atoms with van der Waals surface area (Å²) in [4.78, 5) is 14.7. The van der Waals surface area contributed by atoms with Crippen molar-refractivity contribution < 1.29 is 4.79 Å². The van der Waals surface area contributed by atoms with Crippen molar-refractivity contribution in [3.63, 3.8) is 0 Å². The zero-order valence-corrected chi connectivity index (χ0v) is 11.7. The van der Waals surface area contributed by atoms with Crippen LogP contribution in [0.15, 0.2) is 48.5 Å². The molecule has 0 amide bonds. The Morgan fingerprint density at radius 1 is 1.05 bits per heavy atom. The summed E-state index contributed by atoms with van der Waals surface area (Å²) in [5, 5.41) is 1.28. The third-order valence-corrected chi connectivity index (χ3v) is 3.77. The van der Waals surface area contributed by atoms with Crippen molar-refractivity contribution in [1.82, 2.24) is 4.98 Å². The van der Waals surface area contributed by atoms with E-state index in [9.17, 15) is 4.79 Å². The minimum atomic E-state index is 0.111. The predicted octanol–water partition coefficient (Wildman–Crippen LogP) is 4.27. The standard InChI is InChI=1S/C18H17NO/c1-12-17(16-5-3-4-6-18(16)19-12)11-14-7-9-15(10-8-14)13(2)20/h3-10,19H,11H2,1-2H3. The van der Waals surface area contributed by atoms with E-state index in [1.165, 1.54) is 27.7 Å². The van der Waals surface area contributed by atoms with E-state index in [1.54, 1.807) is 6.92 Å². The number of aromatic nitrogens is 1. The first-order valence-corrected chi connectivity index (χ1v) is 6.81. The first kappa shape index (κ1) is 12.7. The van der Waals surface area contributed by atoms with Gasteiger partial charge in [-0.1, -0.05) is 42.5 Å². The molecule has 0 spiro atoms. The fraction of sp³-hybridized carbons (Fsp3) is 0.167. The second-order valence-corrected chi connectivity index (χ2v) is 5.20. The lowest BCUT2D eigenvalue weighted by atomic mass is 10.0. The van der Waals surface area contributed by atoms with E-state index in [2.05, 4.69) is 30.1 Å². The van der Waals surface area contributed by atoms with Crippen LogP contribution in [0, 0.1) is 6.92 Å². The van der Waals surface area contributed by atoms with Crippen LogP contribution in [-0.2, 0) is 6.42 Å². The van der Waals surface area contributed by atoms with Crippen LogP contribution in [0.1, 0.15) is 34.1 Å². The van der Waals surface area contributed by atoms with Gasteiger partial charge in [-0.05, 0) is 37.5 Å². The number of benzene rings is 2. The second kappa shape index (κ2) is 4.97. The predicted molar refractivity (Wildman–Crippen MR) is 82.3 cm³/mol. The van der Waals surface area contributed by atoms with Crippen molar-refractivity contribution >= 4 is 16.7 Å². The average molecular weight is 263 g/mol. The van der Waals surface area contributed by atoms with Gasteiger partial charge >= 0.3 is 0 Å². The molecule has 1 aromatic heterocycles. The first-order valence-electron chi connectivity index (χ1n) is 6.81. The number of fused-ring (bicyclic) bond motifs is 1. The molecule has 0 saturated carbocycles. The number of hydrogen-bond donors (Lipinski definition) is 1. The van der Waals surface area contributed by atoms with Crippen molar-refractivity contribution in [2.45, 2.75) is 20.3 Å². The molecule has 2 heteroatoms. The van der Waals surface area contributed by atoms with Crippen LogP contribution in [0.3, 0.4) is 0 Å². The Bertz CT molecular complexity index is 766. The normalized spacial score (nSPS) is 10.9. The number of rotatable bonds is 3. The summed E-state index contributed by atoms with van der Waals surface area (Å²) in [5.41, 5.74) is 5.71. The number of H-pyrrole nitrogens is 1. The first-order chi connectivity index (χ1) is 9.65. The zero-order valence-electron chi connectivity index (χ0n) is 11.7. The molecule has 0 aliphatic carbocycles. The number of carbonyl (C=O) groups excluding carboxylic acids is 1. The topological polar surface area (TPSA) is 32.9 Å². The lowest BCUT2D eigenvalue weighted by molar-refractivity contribution is 0.101. The summed E-state index contributed by atoms with van der Waals surface area (Å²) in [6.07, 6.45) is 0.883. The smallest absolute Gasteiger partial charge is 0.159 e. The number of carbonyl (C=O) groups is 1. The Labute approximate surface area is 118 Å². The maximum Gasteiger partial charge on any atom is 0.159 e. The summed E-state index contributed by atoms with van der Waals surface area (Å²) >= 11 is 0. The molecule has 3 rings (SSSR count). The van der Waals surface area contributed by atoms with E-state index in [-0.39, 0.29) is 5.78 Å². The average Bonchev–Trinajstić information content (AvgIpc) is 2.76. The van der Waals surface area contributed by atoms with Crippen molar-refractivity contribution in [2.24, 2.45) is 0 Å². The van der Waals surface area contributed by atoms with Gasteiger partial charge in [-0.15, -0.1) is 0 Å². The van der Waals surface area contributed by atoms with Gasteiger partial charge in [0, 0.05) is 22.2 Å². The molecule has 20 heavy (non-hydrogen) atoms. The molecule has 0 aliphatic heterocycles. The van der Waals surface area contributed by atoms with Gasteiger partial charge in [0.15, 0.2) is 5.78 Å². The number of para-hydroxylation sites is 1. The van der Waals surface area contributed by atoms with Gasteiger partial charge in [0.1, 0.15) is 0 Å². The fourth-order valence-corrected chi connectivity index (χ4v) is 2.62. The molecule has 0 unspecified atom stereocenters. The van der Waals surface area contributed by atoms with Gasteiger partial charge in [-0.3, -0.25) is 4.79 Å². The lowest BCUT2D eigenvalue weighted by Crippen LogP contribution is -1.94. The van der Waals surface area contributed by atoms with E-state index in [4.69, 9.17) is 0 Å². The van der Waals surface area contributed by atoms with Gasteiger partial charge in [0.25, 0.3) is 0 Å². The van der Waals surface area contributed by atoms with Crippen LogP contribution >= 0.6 is 0 Å². The maximum absolute atomic E-state index is 11.3. The second-order valence-electron chi connectivity index (χ2n) is 5.20. The van der Waals surface area contributed by atoms with Crippen LogP contribution < -0.4 is 0 Å². The van der Waals surface area contributed by atoms with E-state index in [0.717, 1.165) is 12.0 Å². The number of nitrogens with one attached hydrogen (secondary N) is 1. The SMILES string of the molecule is CC(=O)c1ccc(Cc2c(C)[nH]c3ccccc23)cc1. The number of aryl methyl sites for hydroxylation is 1. The van der Waals surface area contributed by atoms with E-state index in [1.807, 2.05) is 30.3 Å². The highest BCUT2D eigenvalue weighted by Crippen LogP contribution is 2.24. The van der Waals surface area contributed by atoms with Gasteiger partial charge in [0.2, 0.25) is 0 Å². The molecule has 1 heterocycles. The highest BCUT2D eigenvalue weighted by atomic mass is 16.1. The Morgan fingerprint density at radius 3 is 2.45 bits per heavy atom. The Hall–Kier alpha value is -2.35. The maximum atomic E-state index is 11.3. The zero-order chi connectivity index (χ0) is 14.1. The van der Waals surface area contributed by atoms with Gasteiger partial charge < -0.3 is 4.98 Å². The highest BCUT2D eigenvalue weighted by Gasteiger charge is 2.08. The Morgan fingerprint density at radius 2 is 1.75 bits per heavy atom. The molecule has 0 aliphatic rings. The van der Waals surface area contributed by atoms with E-state index in [0.29, 0.717) is 0 Å². The third-order valence-electron chi connectivity index (χ3n) is 3.77. The summed E-state index contributed by atoms with van der Waals surface area (Å²) in [6, 6.07) is 16.3. The molecule has 0 fully saturated rings. The van der Waals surface area contributed by atoms with Gasteiger partial charge in [-0.25, -0.2) is 0 Å². The summed E-state index contributed by atoms with van der Waals surface area (Å²) in [5.74, 6) is 0.111. The monoisotopic (exact) mass is 263 g/mol. The van der Waals surface area contributed by atoms with Gasteiger partial charge in [-0.2, -0.15) is 0 Å². The molecule has 1 N–H and O–H groups in total. The number of ketones is 1. The van der Waals surface area contributed by atoms with Crippen LogP contribution in [0.4, 0.5) is 0 Å². The molecular formula is C18H17NO. The van der Waals surface area contributed by atoms with Crippen molar-refractivity contribution in [3.05, 3.63) is 70.9 Å². The molecule has 0 saturated heterocycles. The fourth-order valence-electron chi connectivity index (χ4n) is 2.62. The molecule has 0 radical (unpaired) electrons. The molecule has 2 aromatic carbocycles. The molecular weight excluding hydrogens is 246 g/mol. The minimum Gasteiger partial charge on any atom is -0.358 e. The number of Topliss-reactive ketones (excluding diaryl/α,β-unsaturated/α-hetero) is 1.